The van der Waals surface area contributed by atoms with Crippen LogP contribution in [0.15, 0.2) is 24.3 Å². The topological polar surface area (TPSA) is 52.3 Å². The molecule has 20 heavy (non-hydrogen) atoms. The lowest BCUT2D eigenvalue weighted by Crippen LogP contribution is -2.00. The summed E-state index contributed by atoms with van der Waals surface area (Å²) in [5.41, 5.74) is 3.35. The first kappa shape index (κ1) is 12.9. The van der Waals surface area contributed by atoms with Crippen LogP contribution in [0.25, 0.3) is 17.0 Å². The fraction of sp³-hybridized carbons (Fsp3) is 0.214. The zero-order valence-corrected chi connectivity index (χ0v) is 12.1. The maximum Gasteiger partial charge on any atom is 0.199 e. The Hall–Kier alpha value is -2.14. The van der Waals surface area contributed by atoms with Gasteiger partial charge in [0.25, 0.3) is 0 Å². The molecule has 0 aliphatic rings. The van der Waals surface area contributed by atoms with E-state index in [1.165, 1.54) is 0 Å². The summed E-state index contributed by atoms with van der Waals surface area (Å²) in [6.45, 7) is 3.89. The van der Waals surface area contributed by atoms with Crippen molar-refractivity contribution in [1.29, 1.82) is 0 Å². The Bertz CT molecular complexity index is 780. The van der Waals surface area contributed by atoms with E-state index in [-0.39, 0.29) is 0 Å². The Morgan fingerprint density at radius 3 is 2.45 bits per heavy atom. The number of benzene rings is 1. The Labute approximate surface area is 121 Å². The maximum atomic E-state index is 6.13. The van der Waals surface area contributed by atoms with Crippen LogP contribution in [-0.4, -0.2) is 26.7 Å². The summed E-state index contributed by atoms with van der Waals surface area (Å²) in [4.78, 5) is 4.26. The van der Waals surface area contributed by atoms with Crippen LogP contribution in [0.1, 0.15) is 11.4 Å². The van der Waals surface area contributed by atoms with E-state index in [4.69, 9.17) is 16.3 Å². The van der Waals surface area contributed by atoms with Crippen LogP contribution < -0.4 is 4.74 Å². The van der Waals surface area contributed by atoms with Crippen molar-refractivity contribution in [3.8, 4) is 17.1 Å². The zero-order valence-electron chi connectivity index (χ0n) is 11.4. The van der Waals surface area contributed by atoms with Gasteiger partial charge in [0.15, 0.2) is 16.6 Å². The predicted molar refractivity (Wildman–Crippen MR) is 77.3 cm³/mol. The molecule has 0 aliphatic carbocycles. The number of methoxy groups -OCH3 is 1. The molecular formula is C14H13ClN4O. The average molecular weight is 289 g/mol. The van der Waals surface area contributed by atoms with E-state index in [1.54, 1.807) is 7.11 Å². The Morgan fingerprint density at radius 1 is 1.10 bits per heavy atom. The van der Waals surface area contributed by atoms with Crippen LogP contribution >= 0.6 is 11.6 Å². The highest BCUT2D eigenvalue weighted by Crippen LogP contribution is 2.25. The Morgan fingerprint density at radius 2 is 1.80 bits per heavy atom. The number of aryl methyl sites for hydroxylation is 2. The normalized spacial score (nSPS) is 11.0. The van der Waals surface area contributed by atoms with Crippen molar-refractivity contribution in [3.05, 3.63) is 40.8 Å². The molecule has 1 aromatic carbocycles. The van der Waals surface area contributed by atoms with Gasteiger partial charge in [-0.25, -0.2) is 4.98 Å². The molecule has 2 aromatic heterocycles. The smallest absolute Gasteiger partial charge is 0.199 e. The number of nitrogens with zero attached hydrogens (tertiary/aromatic N) is 4. The van der Waals surface area contributed by atoms with Gasteiger partial charge in [-0.3, -0.25) is 4.40 Å². The molecular weight excluding hydrogens is 276 g/mol. The minimum absolute atomic E-state index is 0.361. The molecule has 5 nitrogen and oxygen atoms in total. The van der Waals surface area contributed by atoms with Gasteiger partial charge in [-0.15, -0.1) is 10.2 Å². The molecule has 0 spiro atoms. The van der Waals surface area contributed by atoms with Gasteiger partial charge in [-0.2, -0.15) is 0 Å². The number of fused-ring (bicyclic) bond motifs is 1. The third-order valence-electron chi connectivity index (χ3n) is 3.32. The van der Waals surface area contributed by atoms with Gasteiger partial charge in [0.2, 0.25) is 0 Å². The second-order valence-electron chi connectivity index (χ2n) is 4.48. The summed E-state index contributed by atoms with van der Waals surface area (Å²) in [6.07, 6.45) is 0. The summed E-state index contributed by atoms with van der Waals surface area (Å²) >= 11 is 6.13. The second kappa shape index (κ2) is 4.76. The van der Waals surface area contributed by atoms with Crippen molar-refractivity contribution < 1.29 is 4.74 Å². The van der Waals surface area contributed by atoms with E-state index in [1.807, 2.05) is 42.5 Å². The van der Waals surface area contributed by atoms with Crippen molar-refractivity contribution in [2.45, 2.75) is 13.8 Å². The number of hydrogen-bond donors (Lipinski definition) is 0. The first-order chi connectivity index (χ1) is 9.61. The first-order valence-corrected chi connectivity index (χ1v) is 6.52. The van der Waals surface area contributed by atoms with Crippen LogP contribution in [0.4, 0.5) is 0 Å². The van der Waals surface area contributed by atoms with Crippen molar-refractivity contribution in [2.75, 3.05) is 7.11 Å². The van der Waals surface area contributed by atoms with Crippen LogP contribution in [-0.2, 0) is 0 Å². The summed E-state index contributed by atoms with van der Waals surface area (Å²) in [7, 11) is 1.64. The highest BCUT2D eigenvalue weighted by Gasteiger charge is 2.15. The lowest BCUT2D eigenvalue weighted by atomic mass is 10.2. The molecule has 0 amide bonds. The van der Waals surface area contributed by atoms with Crippen LogP contribution in [0.5, 0.6) is 5.75 Å². The number of hydrogen-bond acceptors (Lipinski definition) is 4. The van der Waals surface area contributed by atoms with Crippen LogP contribution in [0.2, 0.25) is 5.15 Å². The monoisotopic (exact) mass is 288 g/mol. The van der Waals surface area contributed by atoms with Crippen LogP contribution in [0, 0.1) is 13.8 Å². The molecule has 3 aromatic rings. The Balaban J connectivity index is 2.26. The third-order valence-corrected chi connectivity index (χ3v) is 3.57. The standard InChI is InChI=1S/C14H13ClN4O/c1-8-9(2)19-13(17-18-14(19)12(15)16-8)10-4-6-11(20-3)7-5-10/h4-7H,1-3H3. The molecule has 0 radical (unpaired) electrons. The maximum absolute atomic E-state index is 6.13. The molecule has 102 valence electrons. The summed E-state index contributed by atoms with van der Waals surface area (Å²) < 4.78 is 7.09. The van der Waals surface area contributed by atoms with Crippen molar-refractivity contribution in [2.24, 2.45) is 0 Å². The molecule has 0 unspecified atom stereocenters. The third kappa shape index (κ3) is 1.91. The molecule has 0 bridgehead atoms. The molecule has 0 aliphatic heterocycles. The fourth-order valence-corrected chi connectivity index (χ4v) is 2.35. The van der Waals surface area contributed by atoms with E-state index in [0.717, 1.165) is 28.5 Å². The quantitative estimate of drug-likeness (QED) is 0.727. The largest absolute Gasteiger partial charge is 0.497 e. The molecule has 0 atom stereocenters. The van der Waals surface area contributed by atoms with Gasteiger partial charge in [-0.05, 0) is 38.1 Å². The predicted octanol–water partition coefficient (Wildman–Crippen LogP) is 3.07. The molecule has 0 saturated heterocycles. The summed E-state index contributed by atoms with van der Waals surface area (Å²) in [6, 6.07) is 7.67. The first-order valence-electron chi connectivity index (χ1n) is 6.14. The SMILES string of the molecule is COc1ccc(-c2nnc3c(Cl)nc(C)c(C)n23)cc1. The molecule has 0 fully saturated rings. The highest BCUT2D eigenvalue weighted by atomic mass is 35.5. The molecule has 6 heteroatoms. The fourth-order valence-electron chi connectivity index (χ4n) is 2.10. The van der Waals surface area contributed by atoms with Crippen molar-refractivity contribution >= 4 is 17.2 Å². The van der Waals surface area contributed by atoms with E-state index in [2.05, 4.69) is 15.2 Å². The van der Waals surface area contributed by atoms with Crippen molar-refractivity contribution in [3.63, 3.8) is 0 Å². The second-order valence-corrected chi connectivity index (χ2v) is 4.84. The lowest BCUT2D eigenvalue weighted by molar-refractivity contribution is 0.415. The number of ether oxygens (including phenoxy) is 1. The van der Waals surface area contributed by atoms with Gasteiger partial charge in [0.05, 0.1) is 12.8 Å². The molecule has 2 heterocycles. The van der Waals surface area contributed by atoms with Gasteiger partial charge >= 0.3 is 0 Å². The number of rotatable bonds is 2. The minimum atomic E-state index is 0.361. The van der Waals surface area contributed by atoms with Crippen molar-refractivity contribution in [1.82, 2.24) is 19.6 Å². The van der Waals surface area contributed by atoms with Gasteiger partial charge < -0.3 is 4.74 Å². The molecule has 0 N–H and O–H groups in total. The van der Waals surface area contributed by atoms with E-state index in [9.17, 15) is 0 Å². The number of aromatic nitrogens is 4. The highest BCUT2D eigenvalue weighted by molar-refractivity contribution is 6.32. The average Bonchev–Trinajstić information content (AvgIpc) is 2.90. The van der Waals surface area contributed by atoms with E-state index >= 15 is 0 Å². The van der Waals surface area contributed by atoms with Gasteiger partial charge in [0.1, 0.15) is 5.75 Å². The minimum Gasteiger partial charge on any atom is -0.497 e. The van der Waals surface area contributed by atoms with Crippen LogP contribution in [0.3, 0.4) is 0 Å². The van der Waals surface area contributed by atoms with E-state index < -0.39 is 0 Å². The lowest BCUT2D eigenvalue weighted by Gasteiger charge is -2.07. The summed E-state index contributed by atoms with van der Waals surface area (Å²) in [5, 5.41) is 8.72. The zero-order chi connectivity index (χ0) is 14.3. The van der Waals surface area contributed by atoms with Gasteiger partial charge in [0, 0.05) is 11.3 Å². The van der Waals surface area contributed by atoms with E-state index in [0.29, 0.717) is 10.8 Å². The molecule has 0 saturated carbocycles. The number of halogens is 1. The molecule has 3 rings (SSSR count). The Kier molecular flexibility index (Phi) is 3.06. The summed E-state index contributed by atoms with van der Waals surface area (Å²) in [5.74, 6) is 1.54. The van der Waals surface area contributed by atoms with Gasteiger partial charge in [-0.1, -0.05) is 11.6 Å².